The monoisotopic (exact) mass is 532 g/mol. The number of nitrogens with zero attached hydrogens (tertiary/aromatic N) is 2. The third-order valence-electron chi connectivity index (χ3n) is 8.73. The quantitative estimate of drug-likeness (QED) is 0.231. The van der Waals surface area contributed by atoms with Crippen molar-refractivity contribution >= 4 is 16.6 Å². The van der Waals surface area contributed by atoms with Crippen LogP contribution in [0.25, 0.3) is 0 Å². The lowest BCUT2D eigenvalue weighted by atomic mass is 10.1. The number of likely N-dealkylation sites (N-methyl/N-ethyl adjacent to an activating group) is 2. The topological polar surface area (TPSA) is 24.9 Å². The fourth-order valence-electron chi connectivity index (χ4n) is 4.02. The second-order valence-corrected chi connectivity index (χ2v) is 23.5. The van der Waals surface area contributed by atoms with E-state index in [1.165, 1.54) is 11.1 Å². The predicted molar refractivity (Wildman–Crippen MR) is 163 cm³/mol. The van der Waals surface area contributed by atoms with Crippen molar-refractivity contribution in [1.82, 2.24) is 9.80 Å². The van der Waals surface area contributed by atoms with Crippen LogP contribution in [0.5, 0.6) is 0 Å². The van der Waals surface area contributed by atoms with E-state index in [-0.39, 0.29) is 22.3 Å². The third-order valence-corrected chi connectivity index (χ3v) is 17.7. The Balaban J connectivity index is 1.98. The van der Waals surface area contributed by atoms with Crippen LogP contribution in [0.4, 0.5) is 0 Å². The van der Waals surface area contributed by atoms with Crippen LogP contribution in [0, 0.1) is 0 Å². The van der Waals surface area contributed by atoms with Gasteiger partial charge in [0.1, 0.15) is 0 Å². The summed E-state index contributed by atoms with van der Waals surface area (Å²) in [5.74, 6) is 0. The minimum absolute atomic E-state index is 0.167. The van der Waals surface area contributed by atoms with Crippen molar-refractivity contribution in [1.29, 1.82) is 0 Å². The Kier molecular flexibility index (Phi) is 10.8. The maximum absolute atomic E-state index is 6.93. The molecule has 2 atom stereocenters. The van der Waals surface area contributed by atoms with Crippen LogP contribution in [0.1, 0.15) is 54.4 Å². The van der Waals surface area contributed by atoms with Crippen LogP contribution >= 0.6 is 0 Å². The molecule has 0 aromatic heterocycles. The molecule has 0 heterocycles. The molecule has 0 spiro atoms. The molecule has 2 aliphatic carbocycles. The number of rotatable bonds is 13. The molecule has 0 fully saturated rings. The molecule has 0 aromatic rings. The van der Waals surface area contributed by atoms with Gasteiger partial charge in [0.15, 0.2) is 16.6 Å². The van der Waals surface area contributed by atoms with E-state index in [1.807, 2.05) is 0 Å². The smallest absolute Gasteiger partial charge is 0.192 e. The Labute approximate surface area is 225 Å². The summed E-state index contributed by atoms with van der Waals surface area (Å²) in [7, 11) is 0.778. The average molecular weight is 533 g/mol. The van der Waals surface area contributed by atoms with Gasteiger partial charge in [-0.3, -0.25) is 0 Å². The van der Waals surface area contributed by atoms with Crippen LogP contribution < -0.4 is 0 Å². The molecule has 206 valence electrons. The van der Waals surface area contributed by atoms with Crippen molar-refractivity contribution in [2.75, 3.05) is 40.3 Å². The van der Waals surface area contributed by atoms with Crippen LogP contribution in [0.3, 0.4) is 0 Å². The molecule has 4 nitrogen and oxygen atoms in total. The first-order valence-corrected chi connectivity index (χ1v) is 19.7. The van der Waals surface area contributed by atoms with E-state index in [4.69, 9.17) is 8.85 Å². The SMILES string of the molecule is CN(CCN(C)C[C@H](O[Si](C)(C)C(C)(C)C)C1=CC=CC1)C[C@H](O[Si](C)(C)C(C)(C)C)C1=CC=CC1. The lowest BCUT2D eigenvalue weighted by molar-refractivity contribution is 0.132. The zero-order valence-electron chi connectivity index (χ0n) is 25.6. The summed E-state index contributed by atoms with van der Waals surface area (Å²) in [4.78, 5) is 4.90. The second-order valence-electron chi connectivity index (χ2n) is 14.0. The normalized spacial score (nSPS) is 18.8. The largest absolute Gasteiger partial charge is 0.409 e. The molecule has 0 aliphatic heterocycles. The summed E-state index contributed by atoms with van der Waals surface area (Å²) in [5, 5.41) is 0.416. The highest BCUT2D eigenvalue weighted by Crippen LogP contribution is 2.39. The van der Waals surface area contributed by atoms with E-state index in [2.05, 4.69) is 128 Å². The van der Waals surface area contributed by atoms with E-state index in [0.29, 0.717) is 0 Å². The van der Waals surface area contributed by atoms with Gasteiger partial charge in [0, 0.05) is 26.2 Å². The van der Waals surface area contributed by atoms with E-state index in [9.17, 15) is 0 Å². The van der Waals surface area contributed by atoms with E-state index < -0.39 is 16.6 Å². The molecule has 2 aliphatic rings. The standard InChI is InChI=1S/C30H56N2O2Si2/c1-29(2,3)35(9,10)33-27(25-17-13-14-18-25)23-31(7)21-22-32(8)24-28(26-19-15-16-20-26)34-36(11,12)30(4,5)6/h13-17,19,27-28H,18,20-24H2,1-12H3/t27-,28-/m0/s1. The molecule has 0 bridgehead atoms. The summed E-state index contributed by atoms with van der Waals surface area (Å²) in [6, 6.07) is 0. The van der Waals surface area contributed by atoms with Crippen molar-refractivity contribution in [2.24, 2.45) is 0 Å². The van der Waals surface area contributed by atoms with E-state index in [0.717, 1.165) is 39.0 Å². The average Bonchev–Trinajstić information content (AvgIpc) is 3.43. The van der Waals surface area contributed by atoms with Crippen molar-refractivity contribution in [3.05, 3.63) is 47.6 Å². The maximum Gasteiger partial charge on any atom is 0.192 e. The Hall–Kier alpha value is -0.766. The summed E-state index contributed by atoms with van der Waals surface area (Å²) < 4.78 is 13.9. The third kappa shape index (κ3) is 8.92. The Morgan fingerprint density at radius 3 is 1.28 bits per heavy atom. The first-order valence-electron chi connectivity index (χ1n) is 13.9. The van der Waals surface area contributed by atoms with Gasteiger partial charge in [0.05, 0.1) is 12.2 Å². The zero-order chi connectivity index (χ0) is 27.4. The molecule has 0 aromatic carbocycles. The molecule has 0 amide bonds. The molecule has 2 rings (SSSR count). The van der Waals surface area contributed by atoms with Gasteiger partial charge in [-0.15, -0.1) is 0 Å². The lowest BCUT2D eigenvalue weighted by Crippen LogP contribution is -2.48. The summed E-state index contributed by atoms with van der Waals surface area (Å²) in [6.07, 6.45) is 15.8. The second kappa shape index (κ2) is 12.4. The van der Waals surface area contributed by atoms with Crippen molar-refractivity contribution in [2.45, 2.75) is 103 Å². The predicted octanol–water partition coefficient (Wildman–Crippen LogP) is 7.40. The first kappa shape index (κ1) is 31.5. The maximum atomic E-state index is 6.93. The fraction of sp³-hybridized carbons (Fsp3) is 0.733. The van der Waals surface area contributed by atoms with Gasteiger partial charge in [0.2, 0.25) is 0 Å². The Morgan fingerprint density at radius 2 is 1.03 bits per heavy atom. The molecule has 0 saturated heterocycles. The first-order chi connectivity index (χ1) is 16.4. The van der Waals surface area contributed by atoms with E-state index >= 15 is 0 Å². The summed E-state index contributed by atoms with van der Waals surface area (Å²) in [5.41, 5.74) is 2.84. The Bertz CT molecular complexity index is 774. The lowest BCUT2D eigenvalue weighted by Gasteiger charge is -2.41. The molecule has 0 radical (unpaired) electrons. The van der Waals surface area contributed by atoms with Gasteiger partial charge in [-0.05, 0) is 74.3 Å². The van der Waals surface area contributed by atoms with Gasteiger partial charge in [0.25, 0.3) is 0 Å². The van der Waals surface area contributed by atoms with Crippen molar-refractivity contribution < 1.29 is 8.85 Å². The van der Waals surface area contributed by atoms with Crippen LogP contribution in [-0.4, -0.2) is 78.9 Å². The van der Waals surface area contributed by atoms with Crippen molar-refractivity contribution in [3.8, 4) is 0 Å². The number of hydrogen-bond donors (Lipinski definition) is 0. The van der Waals surface area contributed by atoms with Gasteiger partial charge >= 0.3 is 0 Å². The highest BCUT2D eigenvalue weighted by atomic mass is 28.4. The molecule has 0 N–H and O–H groups in total. The number of allylic oxidation sites excluding steroid dienone is 6. The number of hydrogen-bond acceptors (Lipinski definition) is 4. The molecule has 0 unspecified atom stereocenters. The summed E-state index contributed by atoms with van der Waals surface area (Å²) in [6.45, 7) is 27.3. The van der Waals surface area contributed by atoms with Crippen LogP contribution in [0.15, 0.2) is 47.6 Å². The van der Waals surface area contributed by atoms with E-state index in [1.54, 1.807) is 0 Å². The molecule has 0 saturated carbocycles. The molecular formula is C30H56N2O2Si2. The Morgan fingerprint density at radius 1 is 0.694 bits per heavy atom. The zero-order valence-corrected chi connectivity index (χ0v) is 27.6. The van der Waals surface area contributed by atoms with Crippen LogP contribution in [0.2, 0.25) is 36.3 Å². The highest BCUT2D eigenvalue weighted by molar-refractivity contribution is 6.74. The minimum atomic E-state index is -1.85. The fourth-order valence-corrected chi connectivity index (χ4v) is 6.60. The molecule has 6 heteroatoms. The van der Waals surface area contributed by atoms with Crippen LogP contribution in [-0.2, 0) is 8.85 Å². The van der Waals surface area contributed by atoms with Gasteiger partial charge < -0.3 is 18.7 Å². The van der Waals surface area contributed by atoms with Crippen molar-refractivity contribution in [3.63, 3.8) is 0 Å². The minimum Gasteiger partial charge on any atom is -0.409 e. The highest BCUT2D eigenvalue weighted by Gasteiger charge is 2.41. The molecule has 36 heavy (non-hydrogen) atoms. The van der Waals surface area contributed by atoms with Gasteiger partial charge in [-0.1, -0.05) is 78.0 Å². The van der Waals surface area contributed by atoms with Gasteiger partial charge in [-0.25, -0.2) is 0 Å². The van der Waals surface area contributed by atoms with Gasteiger partial charge in [-0.2, -0.15) is 0 Å². The summed E-state index contributed by atoms with van der Waals surface area (Å²) >= 11 is 0. The molecular weight excluding hydrogens is 477 g/mol.